The number of alkyl halides is 3. The number of benzene rings is 3. The molecular formula is C29H31F3N2O3. The van der Waals surface area contributed by atoms with Gasteiger partial charge in [-0.25, -0.2) is 0 Å². The third kappa shape index (κ3) is 5.74. The van der Waals surface area contributed by atoms with Crippen molar-refractivity contribution in [3.8, 4) is 11.5 Å². The Bertz CT molecular complexity index is 1510. The number of carbonyl (C=O) groups excluding carboxylic acids is 1. The lowest BCUT2D eigenvalue weighted by molar-refractivity contribution is -0.137. The van der Waals surface area contributed by atoms with E-state index in [2.05, 4.69) is 5.32 Å². The molecule has 0 fully saturated rings. The summed E-state index contributed by atoms with van der Waals surface area (Å²) in [4.78, 5) is 15.3. The molecule has 1 aliphatic rings. The number of aryl methyl sites for hydroxylation is 1. The molecule has 0 aliphatic carbocycles. The number of hydrogen-bond acceptors (Lipinski definition) is 4. The number of rotatable bonds is 8. The summed E-state index contributed by atoms with van der Waals surface area (Å²) >= 11 is 0. The van der Waals surface area contributed by atoms with Crippen molar-refractivity contribution in [1.29, 1.82) is 0 Å². The minimum absolute atomic E-state index is 0.172. The molecule has 3 aromatic rings. The molecule has 0 saturated heterocycles. The second kappa shape index (κ2) is 11.3. The summed E-state index contributed by atoms with van der Waals surface area (Å²) in [6.45, 7) is -2.64. The second-order valence-electron chi connectivity index (χ2n) is 8.74. The Morgan fingerprint density at radius 2 is 1.78 bits per heavy atom. The van der Waals surface area contributed by atoms with Gasteiger partial charge in [-0.05, 0) is 65.8 Å². The normalized spacial score (nSPS) is 21.2. The van der Waals surface area contributed by atoms with Gasteiger partial charge in [0.15, 0.2) is 11.5 Å². The molecule has 37 heavy (non-hydrogen) atoms. The highest BCUT2D eigenvalue weighted by Gasteiger charge is 2.37. The predicted molar refractivity (Wildman–Crippen MR) is 136 cm³/mol. The first kappa shape index (κ1) is 17.1. The van der Waals surface area contributed by atoms with E-state index in [1.807, 2.05) is 0 Å². The summed E-state index contributed by atoms with van der Waals surface area (Å²) in [6.07, 6.45) is -3.90. The molecule has 1 aliphatic heterocycles. The Morgan fingerprint density at radius 1 is 1.08 bits per heavy atom. The van der Waals surface area contributed by atoms with Gasteiger partial charge in [-0.1, -0.05) is 42.5 Å². The van der Waals surface area contributed by atoms with Crippen LogP contribution in [0.25, 0.3) is 0 Å². The van der Waals surface area contributed by atoms with E-state index in [0.717, 1.165) is 12.1 Å². The maximum atomic E-state index is 13.6. The average molecular weight is 522 g/mol. The zero-order valence-corrected chi connectivity index (χ0v) is 19.6. The second-order valence-corrected chi connectivity index (χ2v) is 8.74. The number of methoxy groups -OCH3 is 2. The Labute approximate surface area is 227 Å². The smallest absolute Gasteiger partial charge is 0.416 e. The lowest BCUT2D eigenvalue weighted by atomic mass is 9.86. The van der Waals surface area contributed by atoms with E-state index in [1.54, 1.807) is 35.2 Å². The van der Waals surface area contributed by atoms with Crippen LogP contribution in [0.4, 0.5) is 13.2 Å². The van der Waals surface area contributed by atoms with Crippen molar-refractivity contribution in [2.24, 2.45) is 0 Å². The molecule has 2 atom stereocenters. The van der Waals surface area contributed by atoms with Crippen LogP contribution in [-0.4, -0.2) is 38.4 Å². The van der Waals surface area contributed by atoms with Gasteiger partial charge in [0.25, 0.3) is 0 Å². The molecule has 0 saturated carbocycles. The van der Waals surface area contributed by atoms with Crippen molar-refractivity contribution >= 4 is 5.91 Å². The quantitative estimate of drug-likeness (QED) is 0.411. The van der Waals surface area contributed by atoms with E-state index < -0.39 is 50.8 Å². The Morgan fingerprint density at radius 3 is 2.43 bits per heavy atom. The first-order valence-electron chi connectivity index (χ1n) is 16.0. The Kier molecular flexibility index (Phi) is 5.19. The van der Waals surface area contributed by atoms with Gasteiger partial charge in [0.05, 0.1) is 27.9 Å². The van der Waals surface area contributed by atoms with Gasteiger partial charge in [0.1, 0.15) is 6.04 Å². The third-order valence-electron chi connectivity index (χ3n) is 6.63. The van der Waals surface area contributed by atoms with E-state index in [9.17, 15) is 18.0 Å². The monoisotopic (exact) mass is 521 g/mol. The van der Waals surface area contributed by atoms with Crippen LogP contribution >= 0.6 is 0 Å². The number of nitrogens with one attached hydrogen (secondary N) is 1. The molecule has 3 aromatic carbocycles. The van der Waals surface area contributed by atoms with Crippen LogP contribution < -0.4 is 14.8 Å². The molecule has 0 bridgehead atoms. The molecule has 1 heterocycles. The summed E-state index contributed by atoms with van der Waals surface area (Å²) in [5.41, 5.74) is 1.21. The van der Waals surface area contributed by atoms with Crippen molar-refractivity contribution < 1.29 is 39.8 Å². The largest absolute Gasteiger partial charge is 0.493 e. The summed E-state index contributed by atoms with van der Waals surface area (Å²) in [5, 5.41) is 2.06. The van der Waals surface area contributed by atoms with Crippen molar-refractivity contribution in [3.63, 3.8) is 0 Å². The fourth-order valence-electron chi connectivity index (χ4n) is 4.88. The number of hydrogen-bond donors (Lipinski definition) is 1. The van der Waals surface area contributed by atoms with Gasteiger partial charge in [-0.3, -0.25) is 9.69 Å². The lowest BCUT2D eigenvalue weighted by Gasteiger charge is -2.42. The van der Waals surface area contributed by atoms with E-state index in [0.29, 0.717) is 22.3 Å². The first-order chi connectivity index (χ1) is 21.2. The molecule has 5 nitrogen and oxygen atoms in total. The van der Waals surface area contributed by atoms with Crippen LogP contribution in [0.15, 0.2) is 66.7 Å². The van der Waals surface area contributed by atoms with Crippen LogP contribution in [0.5, 0.6) is 11.5 Å². The minimum atomic E-state index is -4.52. The van der Waals surface area contributed by atoms with Gasteiger partial charge in [-0.2, -0.15) is 13.2 Å². The molecule has 196 valence electrons. The maximum absolute atomic E-state index is 13.6. The SMILES string of the molecule is [2H]C([2H])([2H])NC(=O)[C@@H](c1ccccc1)N1CCc2cc(OC([2H])([2H])[2H])c(OC([2H])([2H])[2H])cc2[C@@H]1CCc1ccc(C(F)(F)F)cc1. The zero-order valence-electron chi connectivity index (χ0n) is 28.6. The van der Waals surface area contributed by atoms with Crippen LogP contribution in [0.1, 0.15) is 58.7 Å². The topological polar surface area (TPSA) is 50.8 Å². The highest BCUT2D eigenvalue weighted by Crippen LogP contribution is 2.43. The maximum Gasteiger partial charge on any atom is 0.416 e. The molecule has 0 radical (unpaired) electrons. The highest BCUT2D eigenvalue weighted by molar-refractivity contribution is 5.83. The van der Waals surface area contributed by atoms with Crippen LogP contribution in [0, 0.1) is 0 Å². The average Bonchev–Trinajstić information content (AvgIpc) is 2.91. The van der Waals surface area contributed by atoms with Crippen LogP contribution in [-0.2, 0) is 23.8 Å². The predicted octanol–water partition coefficient (Wildman–Crippen LogP) is 5.74. The van der Waals surface area contributed by atoms with Gasteiger partial charge in [0.2, 0.25) is 5.91 Å². The van der Waals surface area contributed by atoms with Crippen LogP contribution in [0.2, 0.25) is 0 Å². The van der Waals surface area contributed by atoms with Gasteiger partial charge in [0, 0.05) is 23.7 Å². The molecule has 0 unspecified atom stereocenters. The Balaban J connectivity index is 1.83. The molecule has 0 aromatic heterocycles. The fraction of sp³-hybridized carbons (Fsp3) is 0.345. The van der Waals surface area contributed by atoms with Crippen molar-refractivity contribution in [1.82, 2.24) is 10.2 Å². The van der Waals surface area contributed by atoms with E-state index in [-0.39, 0.29) is 37.3 Å². The number of halogens is 3. The summed E-state index contributed by atoms with van der Waals surface area (Å²) in [7, 11) is -5.92. The van der Waals surface area contributed by atoms with Crippen LogP contribution in [0.3, 0.4) is 0 Å². The van der Waals surface area contributed by atoms with Gasteiger partial charge in [-0.15, -0.1) is 0 Å². The number of amides is 1. The number of carbonyl (C=O) groups is 1. The molecule has 4 rings (SSSR count). The molecule has 8 heteroatoms. The third-order valence-corrected chi connectivity index (χ3v) is 6.63. The van der Waals surface area contributed by atoms with Crippen molar-refractivity contribution in [2.45, 2.75) is 37.5 Å². The lowest BCUT2D eigenvalue weighted by Crippen LogP contribution is -2.44. The standard InChI is InChI=1S/C29H31F3N2O3/c1-33-28(35)27(20-7-5-4-6-8-20)34-16-15-21-17-25(36-2)26(37-3)18-23(21)24(34)14-11-19-9-12-22(13-10-19)29(30,31)32/h4-10,12-13,17-18,24,27H,11,14-16H2,1-3H3,(H,33,35)/t24-,27+/m0/s1/i1D3,2D3,3D3. The van der Waals surface area contributed by atoms with Crippen molar-refractivity contribution in [3.05, 3.63) is 94.5 Å². The fourth-order valence-corrected chi connectivity index (χ4v) is 4.88. The Hall–Kier alpha value is -3.52. The summed E-state index contributed by atoms with van der Waals surface area (Å²) in [6, 6.07) is 13.8. The summed E-state index contributed by atoms with van der Waals surface area (Å²) in [5.74, 6) is -1.54. The number of nitrogens with zero attached hydrogens (tertiary/aromatic N) is 1. The first-order valence-corrected chi connectivity index (χ1v) is 11.5. The van der Waals surface area contributed by atoms with E-state index in [4.69, 9.17) is 21.8 Å². The number of ether oxygens (including phenoxy) is 2. The minimum Gasteiger partial charge on any atom is -0.493 e. The molecule has 0 spiro atoms. The molecule has 1 N–H and O–H groups in total. The number of fused-ring (bicyclic) bond motifs is 1. The zero-order chi connectivity index (χ0) is 34.1. The molecular weight excluding hydrogens is 481 g/mol. The van der Waals surface area contributed by atoms with Crippen molar-refractivity contribution in [2.75, 3.05) is 27.6 Å². The summed E-state index contributed by atoms with van der Waals surface area (Å²) < 4.78 is 118. The molecule has 1 amide bonds. The highest BCUT2D eigenvalue weighted by atomic mass is 19.4. The van der Waals surface area contributed by atoms with Gasteiger partial charge >= 0.3 is 6.18 Å². The van der Waals surface area contributed by atoms with E-state index >= 15 is 0 Å². The van der Waals surface area contributed by atoms with Gasteiger partial charge < -0.3 is 14.8 Å². The van der Waals surface area contributed by atoms with E-state index in [1.165, 1.54) is 24.3 Å². The number of likely N-dealkylation sites (N-methyl/N-ethyl adjacent to an activating group) is 1.